The molecular weight excluding hydrogens is 306 g/mol. The number of hydrogen-bond acceptors (Lipinski definition) is 7. The topological polar surface area (TPSA) is 144 Å². The van der Waals surface area contributed by atoms with Crippen molar-refractivity contribution in [2.24, 2.45) is 0 Å². The molecule has 11 heteroatoms. The fourth-order valence-corrected chi connectivity index (χ4v) is 3.75. The van der Waals surface area contributed by atoms with Crippen molar-refractivity contribution < 1.29 is 13.3 Å². The molecule has 0 unspecified atom stereocenters. The minimum Gasteiger partial charge on any atom is -0.385 e. The second-order valence-electron chi connectivity index (χ2n) is 3.80. The highest BCUT2D eigenvalue weighted by atomic mass is 32.2. The Kier molecular flexibility index (Phi) is 4.01. The van der Waals surface area contributed by atoms with Crippen LogP contribution in [0.3, 0.4) is 0 Å². The summed E-state index contributed by atoms with van der Waals surface area (Å²) < 4.78 is 26.1. The lowest BCUT2D eigenvalue weighted by Crippen LogP contribution is -2.25. The Morgan fingerprint density at radius 1 is 1.55 bits per heavy atom. The monoisotopic (exact) mass is 317 g/mol. The van der Waals surface area contributed by atoms with Crippen LogP contribution in [-0.4, -0.2) is 29.9 Å². The van der Waals surface area contributed by atoms with Gasteiger partial charge < -0.3 is 10.7 Å². The molecule has 0 saturated heterocycles. The number of aromatic amines is 1. The molecule has 2 rings (SSSR count). The van der Waals surface area contributed by atoms with Crippen LogP contribution < -0.4 is 10.5 Å². The van der Waals surface area contributed by atoms with Gasteiger partial charge >= 0.3 is 5.69 Å². The number of anilines is 1. The summed E-state index contributed by atoms with van der Waals surface area (Å²) in [5.41, 5.74) is 5.80. The van der Waals surface area contributed by atoms with Gasteiger partial charge in [-0.3, -0.25) is 10.1 Å². The number of imidazole rings is 1. The number of nitrogens with zero attached hydrogens (tertiary/aromatic N) is 2. The maximum Gasteiger partial charge on any atom is 0.304 e. The van der Waals surface area contributed by atoms with E-state index in [1.54, 1.807) is 6.20 Å². The molecule has 108 valence electrons. The van der Waals surface area contributed by atoms with Crippen molar-refractivity contribution in [2.45, 2.75) is 10.6 Å². The van der Waals surface area contributed by atoms with E-state index in [1.807, 2.05) is 0 Å². The summed E-state index contributed by atoms with van der Waals surface area (Å²) in [7, 11) is -3.80. The van der Waals surface area contributed by atoms with Crippen LogP contribution in [0.4, 0.5) is 10.7 Å². The van der Waals surface area contributed by atoms with E-state index < -0.39 is 20.6 Å². The van der Waals surface area contributed by atoms with E-state index in [2.05, 4.69) is 14.7 Å². The van der Waals surface area contributed by atoms with E-state index in [0.717, 1.165) is 11.8 Å². The van der Waals surface area contributed by atoms with Gasteiger partial charge in [-0.1, -0.05) is 11.3 Å². The van der Waals surface area contributed by atoms with Crippen molar-refractivity contribution in [1.82, 2.24) is 14.7 Å². The molecule has 2 aromatic heterocycles. The molecule has 0 amide bonds. The Morgan fingerprint density at radius 2 is 2.30 bits per heavy atom. The summed E-state index contributed by atoms with van der Waals surface area (Å²) in [5, 5.41) is 10.5. The van der Waals surface area contributed by atoms with Crippen LogP contribution in [0.15, 0.2) is 22.8 Å². The van der Waals surface area contributed by atoms with Crippen molar-refractivity contribution in [3.8, 4) is 0 Å². The molecule has 4 N–H and O–H groups in total. The first-order valence-corrected chi connectivity index (χ1v) is 7.71. The third-order valence-corrected chi connectivity index (χ3v) is 5.31. The molecule has 0 saturated carbocycles. The standard InChI is InChI=1S/C9H11N5O4S2/c10-9-7(14(15)16)3-8(19-9)20(17,18)13-2-1-6-4-11-5-12-6/h3-5,13H,1-2,10H2,(H,11,12). The smallest absolute Gasteiger partial charge is 0.304 e. The molecule has 0 aliphatic rings. The highest BCUT2D eigenvalue weighted by Crippen LogP contribution is 2.34. The number of aromatic nitrogens is 2. The lowest BCUT2D eigenvalue weighted by molar-refractivity contribution is -0.383. The quantitative estimate of drug-likeness (QED) is 0.522. The predicted octanol–water partition coefficient (Wildman–Crippen LogP) is 0.483. The molecule has 2 aromatic rings. The van der Waals surface area contributed by atoms with Crippen molar-refractivity contribution in [2.75, 3.05) is 12.3 Å². The van der Waals surface area contributed by atoms with Crippen LogP contribution in [0.5, 0.6) is 0 Å². The van der Waals surface area contributed by atoms with E-state index in [-0.39, 0.29) is 15.8 Å². The van der Waals surface area contributed by atoms with E-state index in [9.17, 15) is 18.5 Å². The van der Waals surface area contributed by atoms with Crippen LogP contribution >= 0.6 is 11.3 Å². The summed E-state index contributed by atoms with van der Waals surface area (Å²) in [6, 6.07) is 0.957. The van der Waals surface area contributed by atoms with E-state index in [1.165, 1.54) is 6.33 Å². The fraction of sp³-hybridized carbons (Fsp3) is 0.222. The van der Waals surface area contributed by atoms with Gasteiger partial charge in [-0.15, -0.1) is 0 Å². The predicted molar refractivity (Wildman–Crippen MR) is 72.9 cm³/mol. The van der Waals surface area contributed by atoms with Crippen LogP contribution in [0.2, 0.25) is 0 Å². The van der Waals surface area contributed by atoms with E-state index in [0.29, 0.717) is 17.8 Å². The van der Waals surface area contributed by atoms with Gasteiger partial charge in [0.2, 0.25) is 10.0 Å². The zero-order valence-corrected chi connectivity index (χ0v) is 11.7. The lowest BCUT2D eigenvalue weighted by Gasteiger charge is -2.02. The lowest BCUT2D eigenvalue weighted by atomic mass is 10.3. The highest BCUT2D eigenvalue weighted by Gasteiger charge is 2.24. The zero-order valence-electron chi connectivity index (χ0n) is 10.1. The zero-order chi connectivity index (χ0) is 14.8. The number of sulfonamides is 1. The van der Waals surface area contributed by atoms with Crippen molar-refractivity contribution in [3.05, 3.63) is 34.4 Å². The summed E-state index contributed by atoms with van der Waals surface area (Å²) >= 11 is 0.663. The molecule has 2 heterocycles. The van der Waals surface area contributed by atoms with E-state index in [4.69, 9.17) is 5.73 Å². The molecule has 0 aliphatic carbocycles. The number of nitrogens with two attached hydrogens (primary N) is 1. The molecule has 9 nitrogen and oxygen atoms in total. The second kappa shape index (κ2) is 5.56. The molecule has 0 radical (unpaired) electrons. The minimum atomic E-state index is -3.80. The first kappa shape index (κ1) is 14.4. The van der Waals surface area contributed by atoms with E-state index >= 15 is 0 Å². The number of nitro groups is 1. The molecule has 0 aliphatic heterocycles. The van der Waals surface area contributed by atoms with Gasteiger partial charge in [-0.05, 0) is 0 Å². The minimum absolute atomic E-state index is 0.135. The molecule has 0 aromatic carbocycles. The van der Waals surface area contributed by atoms with Gasteiger partial charge in [-0.25, -0.2) is 18.1 Å². The maximum atomic E-state index is 11.9. The summed E-state index contributed by atoms with van der Waals surface area (Å²) in [4.78, 5) is 16.6. The third-order valence-electron chi connectivity index (χ3n) is 2.42. The first-order chi connectivity index (χ1) is 9.40. The van der Waals surface area contributed by atoms with Gasteiger partial charge in [0.05, 0.1) is 11.3 Å². The summed E-state index contributed by atoms with van der Waals surface area (Å²) in [5.74, 6) is 0. The number of nitrogens with one attached hydrogen (secondary N) is 2. The van der Waals surface area contributed by atoms with Gasteiger partial charge in [0, 0.05) is 30.9 Å². The second-order valence-corrected chi connectivity index (χ2v) is 6.87. The fourth-order valence-electron chi connectivity index (χ4n) is 1.46. The Bertz CT molecular complexity index is 707. The Balaban J connectivity index is 2.06. The average molecular weight is 317 g/mol. The molecular formula is C9H11N5O4S2. The van der Waals surface area contributed by atoms with Crippen molar-refractivity contribution in [3.63, 3.8) is 0 Å². The van der Waals surface area contributed by atoms with Gasteiger partial charge in [-0.2, -0.15) is 0 Å². The Morgan fingerprint density at radius 3 is 2.85 bits per heavy atom. The van der Waals surface area contributed by atoms with Gasteiger partial charge in [0.1, 0.15) is 4.21 Å². The van der Waals surface area contributed by atoms with Crippen molar-refractivity contribution in [1.29, 1.82) is 0 Å². The van der Waals surface area contributed by atoms with Gasteiger partial charge in [0.25, 0.3) is 0 Å². The Hall–Kier alpha value is -1.98. The SMILES string of the molecule is Nc1sc(S(=O)(=O)NCCc2cnc[nH]2)cc1[N+](=O)[O-]. The summed E-state index contributed by atoms with van der Waals surface area (Å²) in [6.07, 6.45) is 3.51. The number of nitrogen functional groups attached to an aromatic ring is 1. The normalized spacial score (nSPS) is 11.6. The largest absolute Gasteiger partial charge is 0.385 e. The highest BCUT2D eigenvalue weighted by molar-refractivity contribution is 7.91. The molecule has 0 fully saturated rings. The first-order valence-electron chi connectivity index (χ1n) is 5.41. The van der Waals surface area contributed by atoms with Crippen LogP contribution in [0, 0.1) is 10.1 Å². The number of hydrogen-bond donors (Lipinski definition) is 3. The molecule has 0 atom stereocenters. The number of rotatable bonds is 6. The Labute approximate surface area is 118 Å². The maximum absolute atomic E-state index is 11.9. The number of thiophene rings is 1. The van der Waals surface area contributed by atoms with Crippen LogP contribution in [0.1, 0.15) is 5.69 Å². The average Bonchev–Trinajstić information content (AvgIpc) is 2.98. The van der Waals surface area contributed by atoms with Crippen LogP contribution in [-0.2, 0) is 16.4 Å². The number of H-pyrrole nitrogens is 1. The molecule has 20 heavy (non-hydrogen) atoms. The van der Waals surface area contributed by atoms with Gasteiger partial charge in [0.15, 0.2) is 5.00 Å². The summed E-state index contributed by atoms with van der Waals surface area (Å²) in [6.45, 7) is 0.149. The molecule has 0 bridgehead atoms. The van der Waals surface area contributed by atoms with Crippen LogP contribution in [0.25, 0.3) is 0 Å². The van der Waals surface area contributed by atoms with Crippen molar-refractivity contribution >= 4 is 32.0 Å². The third kappa shape index (κ3) is 3.12. The molecule has 0 spiro atoms.